The number of hydrogen-bond acceptors (Lipinski definition) is 3. The summed E-state index contributed by atoms with van der Waals surface area (Å²) in [4.78, 5) is 27.3. The Kier molecular flexibility index (Phi) is 4.90. The number of carbonyl (C=O) groups is 2. The number of aryl methyl sites for hydroxylation is 1. The van der Waals surface area contributed by atoms with E-state index in [1.807, 2.05) is 58.0 Å². The number of hydrogen-bond donors (Lipinski definition) is 0. The molecule has 0 saturated carbocycles. The zero-order valence-electron chi connectivity index (χ0n) is 16.1. The summed E-state index contributed by atoms with van der Waals surface area (Å²) in [5, 5.41) is 0. The predicted octanol–water partition coefficient (Wildman–Crippen LogP) is 3.65. The van der Waals surface area contributed by atoms with Crippen LogP contribution in [0.4, 0.5) is 5.69 Å². The average Bonchev–Trinajstić information content (AvgIpc) is 3.09. The number of carbonyl (C=O) groups excluding carboxylic acids is 2. The van der Waals surface area contributed by atoms with Gasteiger partial charge in [-0.15, -0.1) is 0 Å². The highest BCUT2D eigenvalue weighted by Crippen LogP contribution is 2.32. The van der Waals surface area contributed by atoms with Crippen molar-refractivity contribution < 1.29 is 14.3 Å². The summed E-state index contributed by atoms with van der Waals surface area (Å²) in [6.07, 6.45) is -0.0129. The summed E-state index contributed by atoms with van der Waals surface area (Å²) in [5.74, 6) is -0.626. The number of aromatic nitrogens is 1. The highest BCUT2D eigenvalue weighted by atomic mass is 16.5. The number of esters is 1. The molecule has 0 N–H and O–H groups in total. The van der Waals surface area contributed by atoms with Gasteiger partial charge in [0.05, 0.1) is 5.56 Å². The molecule has 2 atom stereocenters. The van der Waals surface area contributed by atoms with Crippen LogP contribution < -0.4 is 4.90 Å². The largest absolute Gasteiger partial charge is 0.449 e. The number of fused-ring (bicyclic) bond motifs is 1. The number of rotatable bonds is 4. The van der Waals surface area contributed by atoms with Crippen molar-refractivity contribution in [2.24, 2.45) is 0 Å². The normalized spacial score (nSPS) is 17.1. The van der Waals surface area contributed by atoms with Crippen molar-refractivity contribution in [2.45, 2.75) is 59.7 Å². The summed E-state index contributed by atoms with van der Waals surface area (Å²) >= 11 is 0. The third kappa shape index (κ3) is 3.02. The van der Waals surface area contributed by atoms with Crippen LogP contribution in [0.2, 0.25) is 0 Å². The molecule has 5 nitrogen and oxygen atoms in total. The SMILES string of the molecule is CCn1c(C)cc(C(=O)OC(C)C(=O)N2c3ccccc3CC2C)c1C. The fourth-order valence-electron chi connectivity index (χ4n) is 3.87. The summed E-state index contributed by atoms with van der Waals surface area (Å²) < 4.78 is 7.58. The summed E-state index contributed by atoms with van der Waals surface area (Å²) in [7, 11) is 0. The van der Waals surface area contributed by atoms with Gasteiger partial charge in [0.25, 0.3) is 5.91 Å². The lowest BCUT2D eigenvalue weighted by atomic mass is 10.1. The number of ether oxygens (including phenoxy) is 1. The molecular weight excluding hydrogens is 328 g/mol. The van der Waals surface area contributed by atoms with E-state index in [-0.39, 0.29) is 11.9 Å². The molecule has 1 aliphatic rings. The average molecular weight is 354 g/mol. The Hall–Kier alpha value is -2.56. The first-order valence-electron chi connectivity index (χ1n) is 9.13. The Bertz CT molecular complexity index is 853. The lowest BCUT2D eigenvalue weighted by Gasteiger charge is -2.25. The highest BCUT2D eigenvalue weighted by molar-refractivity contribution is 6.01. The van der Waals surface area contributed by atoms with E-state index < -0.39 is 12.1 Å². The number of anilines is 1. The van der Waals surface area contributed by atoms with Gasteiger partial charge in [-0.05, 0) is 58.7 Å². The highest BCUT2D eigenvalue weighted by Gasteiger charge is 2.34. The molecule has 138 valence electrons. The first kappa shape index (κ1) is 18.2. The molecule has 0 saturated heterocycles. The summed E-state index contributed by atoms with van der Waals surface area (Å²) in [5.41, 5.74) is 4.47. The van der Waals surface area contributed by atoms with Crippen molar-refractivity contribution in [3.63, 3.8) is 0 Å². The quantitative estimate of drug-likeness (QED) is 0.788. The van der Waals surface area contributed by atoms with E-state index in [4.69, 9.17) is 4.74 Å². The van der Waals surface area contributed by atoms with Gasteiger partial charge in [-0.1, -0.05) is 18.2 Å². The zero-order valence-corrected chi connectivity index (χ0v) is 16.1. The minimum Gasteiger partial charge on any atom is -0.449 e. The molecule has 0 radical (unpaired) electrons. The topological polar surface area (TPSA) is 51.5 Å². The van der Waals surface area contributed by atoms with Gasteiger partial charge < -0.3 is 14.2 Å². The van der Waals surface area contributed by atoms with Crippen LogP contribution in [0.25, 0.3) is 0 Å². The minimum absolute atomic E-state index is 0.0613. The summed E-state index contributed by atoms with van der Waals surface area (Å²) in [6.45, 7) is 10.4. The van der Waals surface area contributed by atoms with E-state index in [0.717, 1.165) is 35.6 Å². The van der Waals surface area contributed by atoms with Gasteiger partial charge >= 0.3 is 5.97 Å². The second-order valence-electron chi connectivity index (χ2n) is 6.97. The number of amides is 1. The third-order valence-electron chi connectivity index (χ3n) is 5.19. The molecule has 1 amide bonds. The van der Waals surface area contributed by atoms with E-state index in [1.165, 1.54) is 0 Å². The molecule has 0 bridgehead atoms. The summed E-state index contributed by atoms with van der Waals surface area (Å²) in [6, 6.07) is 9.77. The fourth-order valence-corrected chi connectivity index (χ4v) is 3.87. The fraction of sp³-hybridized carbons (Fsp3) is 0.429. The number of nitrogens with zero attached hydrogens (tertiary/aromatic N) is 2. The van der Waals surface area contributed by atoms with E-state index in [0.29, 0.717) is 5.56 Å². The predicted molar refractivity (Wildman–Crippen MR) is 102 cm³/mol. The molecule has 2 unspecified atom stereocenters. The van der Waals surface area contributed by atoms with Crippen molar-refractivity contribution in [3.05, 3.63) is 52.8 Å². The van der Waals surface area contributed by atoms with Gasteiger partial charge in [0.2, 0.25) is 0 Å². The molecule has 2 aromatic rings. The second kappa shape index (κ2) is 6.98. The lowest BCUT2D eigenvalue weighted by Crippen LogP contribution is -2.43. The van der Waals surface area contributed by atoms with Crippen molar-refractivity contribution in [1.29, 1.82) is 0 Å². The van der Waals surface area contributed by atoms with Crippen LogP contribution in [0.5, 0.6) is 0 Å². The van der Waals surface area contributed by atoms with E-state index >= 15 is 0 Å². The lowest BCUT2D eigenvalue weighted by molar-refractivity contribution is -0.126. The Labute approximate surface area is 154 Å². The van der Waals surface area contributed by atoms with Gasteiger partial charge in [0.1, 0.15) is 0 Å². The van der Waals surface area contributed by atoms with Crippen molar-refractivity contribution in [2.75, 3.05) is 4.90 Å². The maximum Gasteiger partial charge on any atom is 0.340 e. The molecule has 0 aliphatic carbocycles. The molecule has 3 rings (SSSR count). The minimum atomic E-state index is -0.833. The van der Waals surface area contributed by atoms with E-state index in [9.17, 15) is 9.59 Å². The van der Waals surface area contributed by atoms with Crippen LogP contribution in [0.3, 0.4) is 0 Å². The van der Waals surface area contributed by atoms with Crippen LogP contribution in [0, 0.1) is 13.8 Å². The first-order valence-corrected chi connectivity index (χ1v) is 9.13. The van der Waals surface area contributed by atoms with Crippen LogP contribution >= 0.6 is 0 Å². The number of para-hydroxylation sites is 1. The molecule has 0 spiro atoms. The van der Waals surface area contributed by atoms with Crippen LogP contribution in [0.15, 0.2) is 30.3 Å². The molecule has 1 aromatic carbocycles. The van der Waals surface area contributed by atoms with Crippen molar-refractivity contribution in [3.8, 4) is 0 Å². The first-order chi connectivity index (χ1) is 12.3. The van der Waals surface area contributed by atoms with Gasteiger partial charge in [-0.2, -0.15) is 0 Å². The Morgan fingerprint density at radius 3 is 2.62 bits per heavy atom. The second-order valence-corrected chi connectivity index (χ2v) is 6.97. The molecule has 2 heterocycles. The molecule has 5 heteroatoms. The molecule has 0 fully saturated rings. The van der Waals surface area contributed by atoms with Crippen LogP contribution in [-0.4, -0.2) is 28.6 Å². The van der Waals surface area contributed by atoms with Crippen molar-refractivity contribution in [1.82, 2.24) is 4.57 Å². The standard InChI is InChI=1S/C21H26N2O3/c1-6-22-13(2)12-18(15(22)4)21(25)26-16(5)20(24)23-14(3)11-17-9-7-8-10-19(17)23/h7-10,12,14,16H,6,11H2,1-5H3. The third-order valence-corrected chi connectivity index (χ3v) is 5.19. The number of benzene rings is 1. The molecule has 1 aromatic heterocycles. The molecular formula is C21H26N2O3. The van der Waals surface area contributed by atoms with Gasteiger partial charge in [-0.25, -0.2) is 4.79 Å². The molecule has 1 aliphatic heterocycles. The van der Waals surface area contributed by atoms with Crippen LogP contribution in [0.1, 0.15) is 48.1 Å². The van der Waals surface area contributed by atoms with E-state index in [1.54, 1.807) is 11.8 Å². The smallest absolute Gasteiger partial charge is 0.340 e. The van der Waals surface area contributed by atoms with Gasteiger partial charge in [0.15, 0.2) is 6.10 Å². The van der Waals surface area contributed by atoms with Crippen LogP contribution in [-0.2, 0) is 22.5 Å². The van der Waals surface area contributed by atoms with Gasteiger partial charge in [-0.3, -0.25) is 4.79 Å². The maximum atomic E-state index is 12.9. The van der Waals surface area contributed by atoms with E-state index in [2.05, 4.69) is 4.57 Å². The van der Waals surface area contributed by atoms with Crippen molar-refractivity contribution >= 4 is 17.6 Å². The Morgan fingerprint density at radius 1 is 1.27 bits per heavy atom. The Balaban J connectivity index is 1.77. The molecule has 26 heavy (non-hydrogen) atoms. The Morgan fingerprint density at radius 2 is 1.96 bits per heavy atom. The van der Waals surface area contributed by atoms with Gasteiger partial charge in [0, 0.05) is 29.7 Å². The zero-order chi connectivity index (χ0) is 19.0. The maximum absolute atomic E-state index is 12.9. The monoisotopic (exact) mass is 354 g/mol.